The van der Waals surface area contributed by atoms with Crippen LogP contribution in [0.3, 0.4) is 0 Å². The maximum absolute atomic E-state index is 13.3. The number of hydrogen-bond acceptors (Lipinski definition) is 4. The van der Waals surface area contributed by atoms with Gasteiger partial charge in [0, 0.05) is 11.8 Å². The van der Waals surface area contributed by atoms with Gasteiger partial charge in [-0.1, -0.05) is 26.3 Å². The highest BCUT2D eigenvalue weighted by Gasteiger charge is 2.64. The minimum absolute atomic E-state index is 0.00520. The molecule has 0 aromatic heterocycles. The van der Waals surface area contributed by atoms with Crippen molar-refractivity contribution in [2.24, 2.45) is 28.6 Å². The number of Topliss-reactive ketones (excluding diaryl/α,β-unsaturated/α-hetero) is 1. The number of aliphatic hydroxyl groups excluding tert-OH is 2. The van der Waals surface area contributed by atoms with E-state index < -0.39 is 17.1 Å². The first-order valence-corrected chi connectivity index (χ1v) is 10.4. The van der Waals surface area contributed by atoms with Crippen molar-refractivity contribution in [1.29, 1.82) is 0 Å². The minimum atomic E-state index is -1.11. The minimum Gasteiger partial charge on any atom is -0.393 e. The second-order valence-electron chi connectivity index (χ2n) is 10.1. The monoisotopic (exact) mass is 362 g/mol. The number of ketones is 1. The van der Waals surface area contributed by atoms with Crippen molar-refractivity contribution < 1.29 is 20.1 Å². The Bertz CT molecular complexity index is 667. The van der Waals surface area contributed by atoms with E-state index in [0.29, 0.717) is 12.8 Å². The maximum Gasteiger partial charge on any atom is 0.159 e. The Balaban J connectivity index is 1.80. The number of allylic oxidation sites excluding steroid dienone is 2. The summed E-state index contributed by atoms with van der Waals surface area (Å²) in [6.07, 6.45) is 4.18. The van der Waals surface area contributed by atoms with Gasteiger partial charge in [-0.2, -0.15) is 0 Å². The molecule has 0 radical (unpaired) electrons. The van der Waals surface area contributed by atoms with Gasteiger partial charge in [0.05, 0.1) is 17.8 Å². The zero-order valence-electron chi connectivity index (χ0n) is 16.6. The third-order valence-corrected chi connectivity index (χ3v) is 9.25. The number of carbonyl (C=O) groups excluding carboxylic acids is 1. The van der Waals surface area contributed by atoms with Gasteiger partial charge >= 0.3 is 0 Å². The van der Waals surface area contributed by atoms with E-state index in [0.717, 1.165) is 37.7 Å². The van der Waals surface area contributed by atoms with Gasteiger partial charge in [-0.05, 0) is 74.2 Å². The fourth-order valence-corrected chi connectivity index (χ4v) is 7.34. The summed E-state index contributed by atoms with van der Waals surface area (Å²) in [4.78, 5) is 13.3. The van der Waals surface area contributed by atoms with E-state index in [-0.39, 0.29) is 35.1 Å². The van der Waals surface area contributed by atoms with E-state index in [4.69, 9.17) is 0 Å². The number of aliphatic hydroxyl groups is 3. The van der Waals surface area contributed by atoms with E-state index in [2.05, 4.69) is 20.8 Å². The lowest BCUT2D eigenvalue weighted by Crippen LogP contribution is -2.56. The van der Waals surface area contributed by atoms with E-state index >= 15 is 0 Å². The van der Waals surface area contributed by atoms with Crippen molar-refractivity contribution in [3.05, 3.63) is 11.1 Å². The molecule has 2 fully saturated rings. The molecule has 0 aromatic carbocycles. The van der Waals surface area contributed by atoms with Gasteiger partial charge in [-0.25, -0.2) is 0 Å². The van der Waals surface area contributed by atoms with Crippen molar-refractivity contribution in [3.8, 4) is 0 Å². The molecule has 0 saturated heterocycles. The summed E-state index contributed by atoms with van der Waals surface area (Å²) in [6.45, 7) is 8.17. The highest BCUT2D eigenvalue weighted by Crippen LogP contribution is 2.66. The van der Waals surface area contributed by atoms with Crippen LogP contribution in [0.2, 0.25) is 0 Å². The molecule has 3 N–H and O–H groups in total. The highest BCUT2D eigenvalue weighted by molar-refractivity contribution is 5.98. The smallest absolute Gasteiger partial charge is 0.159 e. The molecule has 8 unspecified atom stereocenters. The molecular formula is C22H34O4. The summed E-state index contributed by atoms with van der Waals surface area (Å²) in [5, 5.41) is 31.9. The lowest BCUT2D eigenvalue weighted by molar-refractivity contribution is -0.147. The summed E-state index contributed by atoms with van der Waals surface area (Å²) in [5.74, 6) is 0.657. The van der Waals surface area contributed by atoms with Gasteiger partial charge in [-0.15, -0.1) is 0 Å². The fourth-order valence-electron chi connectivity index (χ4n) is 7.34. The average Bonchev–Trinajstić information content (AvgIpc) is 2.86. The average molecular weight is 363 g/mol. The fraction of sp³-hybridized carbons (Fsp3) is 0.864. The molecule has 0 aliphatic heterocycles. The van der Waals surface area contributed by atoms with Crippen molar-refractivity contribution >= 4 is 5.78 Å². The Kier molecular flexibility index (Phi) is 4.05. The Hall–Kier alpha value is -0.710. The molecule has 0 bridgehead atoms. The second-order valence-corrected chi connectivity index (χ2v) is 10.1. The summed E-state index contributed by atoms with van der Waals surface area (Å²) in [6, 6.07) is 0. The first-order chi connectivity index (χ1) is 12.1. The molecule has 8 atom stereocenters. The van der Waals surface area contributed by atoms with Gasteiger partial charge in [0.1, 0.15) is 0 Å². The van der Waals surface area contributed by atoms with Crippen molar-refractivity contribution in [3.63, 3.8) is 0 Å². The molecule has 4 aliphatic carbocycles. The summed E-state index contributed by atoms with van der Waals surface area (Å²) in [5.41, 5.74) is 0.755. The van der Waals surface area contributed by atoms with Crippen molar-refractivity contribution in [1.82, 2.24) is 0 Å². The molecule has 146 valence electrons. The molecule has 0 spiro atoms. The molecule has 4 nitrogen and oxygen atoms in total. The zero-order chi connectivity index (χ0) is 19.1. The van der Waals surface area contributed by atoms with Gasteiger partial charge < -0.3 is 15.3 Å². The predicted octanol–water partition coefficient (Wildman–Crippen LogP) is 2.99. The van der Waals surface area contributed by atoms with Crippen LogP contribution >= 0.6 is 0 Å². The van der Waals surface area contributed by atoms with Crippen LogP contribution < -0.4 is 0 Å². The van der Waals surface area contributed by atoms with Crippen molar-refractivity contribution in [2.45, 2.75) is 90.4 Å². The van der Waals surface area contributed by atoms with Crippen LogP contribution in [0.15, 0.2) is 11.1 Å². The molecule has 2 saturated carbocycles. The number of hydrogen-bond donors (Lipinski definition) is 3. The molecular weight excluding hydrogens is 328 g/mol. The molecule has 0 aromatic rings. The predicted molar refractivity (Wildman–Crippen MR) is 99.3 cm³/mol. The Morgan fingerprint density at radius 2 is 1.85 bits per heavy atom. The Labute approximate surface area is 156 Å². The van der Waals surface area contributed by atoms with Crippen molar-refractivity contribution in [2.75, 3.05) is 0 Å². The van der Waals surface area contributed by atoms with Crippen LogP contribution in [0.4, 0.5) is 0 Å². The number of rotatable bonds is 1. The molecule has 4 heteroatoms. The molecule has 26 heavy (non-hydrogen) atoms. The normalized spacial score (nSPS) is 52.3. The second kappa shape index (κ2) is 5.65. The summed E-state index contributed by atoms with van der Waals surface area (Å²) in [7, 11) is 0. The standard InChI is InChI=1S/C22H34O4/c1-12-16-11-18(25)19-14(20(16,3)8-7-17(12)24)5-9-21(4)15(19)6-10-22(21,26)13(2)23/h12-13,15-17,23-24,26H,5-11H2,1-4H3. The molecule has 4 rings (SSSR count). The lowest BCUT2D eigenvalue weighted by atomic mass is 9.48. The van der Waals surface area contributed by atoms with Gasteiger partial charge in [0.25, 0.3) is 0 Å². The van der Waals surface area contributed by atoms with Crippen LogP contribution in [0.1, 0.15) is 72.6 Å². The summed E-state index contributed by atoms with van der Waals surface area (Å²) >= 11 is 0. The van der Waals surface area contributed by atoms with E-state index in [1.807, 2.05) is 0 Å². The first-order valence-electron chi connectivity index (χ1n) is 10.4. The molecule has 0 amide bonds. The SMILES string of the molecule is CC1C(O)CCC2(C)C3=C(C(=O)CC12)C1CCC(O)(C(C)O)C1(C)CC3. The zero-order valence-corrected chi connectivity index (χ0v) is 16.6. The largest absolute Gasteiger partial charge is 0.393 e. The third kappa shape index (κ3) is 2.10. The van der Waals surface area contributed by atoms with Crippen LogP contribution in [0.5, 0.6) is 0 Å². The van der Waals surface area contributed by atoms with Gasteiger partial charge in [0.2, 0.25) is 0 Å². The van der Waals surface area contributed by atoms with Crippen LogP contribution in [0.25, 0.3) is 0 Å². The highest BCUT2D eigenvalue weighted by atomic mass is 16.3. The van der Waals surface area contributed by atoms with E-state index in [1.165, 1.54) is 5.57 Å². The third-order valence-electron chi connectivity index (χ3n) is 9.25. The maximum atomic E-state index is 13.3. The quantitative estimate of drug-likeness (QED) is 0.670. The van der Waals surface area contributed by atoms with Crippen LogP contribution in [0, 0.1) is 28.6 Å². The van der Waals surface area contributed by atoms with Gasteiger partial charge in [0.15, 0.2) is 5.78 Å². The van der Waals surface area contributed by atoms with Gasteiger partial charge in [-0.3, -0.25) is 4.79 Å². The summed E-state index contributed by atoms with van der Waals surface area (Å²) < 4.78 is 0. The lowest BCUT2D eigenvalue weighted by Gasteiger charge is -2.56. The van der Waals surface area contributed by atoms with E-state index in [9.17, 15) is 20.1 Å². The van der Waals surface area contributed by atoms with E-state index in [1.54, 1.807) is 6.92 Å². The van der Waals surface area contributed by atoms with Crippen LogP contribution in [-0.2, 0) is 4.79 Å². The number of carbonyl (C=O) groups is 1. The molecule has 0 heterocycles. The molecule has 4 aliphatic rings. The Morgan fingerprint density at radius 1 is 1.15 bits per heavy atom. The topological polar surface area (TPSA) is 77.8 Å². The first kappa shape index (κ1) is 18.6. The number of fused-ring (bicyclic) bond motifs is 4. The Morgan fingerprint density at radius 3 is 2.50 bits per heavy atom. The van der Waals surface area contributed by atoms with Crippen LogP contribution in [-0.4, -0.2) is 38.9 Å².